The largest absolute Gasteiger partial charge is 0.378 e. The number of carbonyl (C=O) groups excluding carboxylic acids is 1. The molecule has 0 bridgehead atoms. The van der Waals surface area contributed by atoms with Gasteiger partial charge in [0.25, 0.3) is 5.91 Å². The van der Waals surface area contributed by atoms with E-state index in [-0.39, 0.29) is 5.91 Å². The van der Waals surface area contributed by atoms with Crippen molar-refractivity contribution in [2.24, 2.45) is 0 Å². The van der Waals surface area contributed by atoms with Gasteiger partial charge in [0.1, 0.15) is 0 Å². The van der Waals surface area contributed by atoms with Crippen LogP contribution in [0.2, 0.25) is 0 Å². The second-order valence-corrected chi connectivity index (χ2v) is 6.09. The quantitative estimate of drug-likeness (QED) is 0.874. The molecule has 1 aliphatic rings. The van der Waals surface area contributed by atoms with Gasteiger partial charge in [0.2, 0.25) is 0 Å². The van der Waals surface area contributed by atoms with Gasteiger partial charge in [-0.25, -0.2) is 0 Å². The van der Waals surface area contributed by atoms with E-state index in [0.29, 0.717) is 32.8 Å². The van der Waals surface area contributed by atoms with Crippen molar-refractivity contribution in [3.63, 3.8) is 0 Å². The molecule has 0 radical (unpaired) electrons. The molecule has 1 aliphatic heterocycles. The van der Waals surface area contributed by atoms with E-state index in [1.54, 1.807) is 0 Å². The fraction of sp³-hybridized carbons (Fsp3) is 0.444. The molecule has 5 heteroatoms. The predicted molar refractivity (Wildman–Crippen MR) is 88.7 cm³/mol. The second-order valence-electron chi connectivity index (χ2n) is 6.09. The minimum absolute atomic E-state index is 0.0680. The average Bonchev–Trinajstić information content (AvgIpc) is 2.84. The van der Waals surface area contributed by atoms with E-state index >= 15 is 0 Å². The van der Waals surface area contributed by atoms with E-state index in [0.717, 1.165) is 17.0 Å². The van der Waals surface area contributed by atoms with Gasteiger partial charge in [0.05, 0.1) is 31.0 Å². The van der Waals surface area contributed by atoms with E-state index in [1.165, 1.54) is 11.1 Å². The number of morpholine rings is 1. The van der Waals surface area contributed by atoms with Crippen LogP contribution in [0.15, 0.2) is 24.3 Å². The summed E-state index contributed by atoms with van der Waals surface area (Å²) in [6.07, 6.45) is 0. The van der Waals surface area contributed by atoms with Gasteiger partial charge >= 0.3 is 0 Å². The van der Waals surface area contributed by atoms with Crippen molar-refractivity contribution in [3.8, 4) is 0 Å². The minimum Gasteiger partial charge on any atom is -0.378 e. The second kappa shape index (κ2) is 6.54. The fourth-order valence-electron chi connectivity index (χ4n) is 2.95. The Balaban J connectivity index is 1.83. The smallest absolute Gasteiger partial charge is 0.257 e. The molecule has 122 valence electrons. The Bertz CT molecular complexity index is 698. The Morgan fingerprint density at radius 1 is 1.13 bits per heavy atom. The van der Waals surface area contributed by atoms with Gasteiger partial charge in [-0.1, -0.05) is 29.8 Å². The highest BCUT2D eigenvalue weighted by Crippen LogP contribution is 2.18. The highest BCUT2D eigenvalue weighted by molar-refractivity contribution is 5.96. The zero-order chi connectivity index (χ0) is 16.4. The Kier molecular flexibility index (Phi) is 4.48. The lowest BCUT2D eigenvalue weighted by atomic mass is 10.1. The number of ether oxygens (including phenoxy) is 1. The van der Waals surface area contributed by atoms with Crippen LogP contribution in [0.5, 0.6) is 0 Å². The SMILES string of the molecule is Cc1ccc(Cn2nc(C)c(C(=O)N3CCOCC3)c2C)cc1. The zero-order valence-corrected chi connectivity index (χ0v) is 14.0. The van der Waals surface area contributed by atoms with Crippen LogP contribution in [0.4, 0.5) is 0 Å². The molecule has 0 aliphatic carbocycles. The summed E-state index contributed by atoms with van der Waals surface area (Å²) in [6, 6.07) is 8.41. The summed E-state index contributed by atoms with van der Waals surface area (Å²) in [4.78, 5) is 14.6. The molecular weight excluding hydrogens is 290 g/mol. The molecule has 1 aromatic heterocycles. The summed E-state index contributed by atoms with van der Waals surface area (Å²) >= 11 is 0. The summed E-state index contributed by atoms with van der Waals surface area (Å²) in [5.74, 6) is 0.0680. The van der Waals surface area contributed by atoms with Crippen molar-refractivity contribution >= 4 is 5.91 Å². The number of benzene rings is 1. The van der Waals surface area contributed by atoms with Crippen LogP contribution in [0.25, 0.3) is 0 Å². The van der Waals surface area contributed by atoms with Gasteiger partial charge in [-0.3, -0.25) is 9.48 Å². The van der Waals surface area contributed by atoms with Crippen molar-refractivity contribution in [2.75, 3.05) is 26.3 Å². The van der Waals surface area contributed by atoms with Crippen molar-refractivity contribution < 1.29 is 9.53 Å². The van der Waals surface area contributed by atoms with E-state index < -0.39 is 0 Å². The molecule has 5 nitrogen and oxygen atoms in total. The van der Waals surface area contributed by atoms with E-state index in [9.17, 15) is 4.79 Å². The molecule has 3 rings (SSSR count). The number of amides is 1. The Morgan fingerprint density at radius 2 is 1.78 bits per heavy atom. The van der Waals surface area contributed by atoms with Gasteiger partial charge in [-0.2, -0.15) is 5.10 Å². The van der Waals surface area contributed by atoms with Crippen LogP contribution in [0, 0.1) is 20.8 Å². The monoisotopic (exact) mass is 313 g/mol. The van der Waals surface area contributed by atoms with Crippen molar-refractivity contribution in [1.29, 1.82) is 0 Å². The van der Waals surface area contributed by atoms with Gasteiger partial charge in [-0.15, -0.1) is 0 Å². The van der Waals surface area contributed by atoms with Gasteiger partial charge in [0.15, 0.2) is 0 Å². The van der Waals surface area contributed by atoms with Crippen molar-refractivity contribution in [3.05, 3.63) is 52.3 Å². The van der Waals surface area contributed by atoms with E-state index in [1.807, 2.05) is 23.4 Å². The molecule has 1 saturated heterocycles. The average molecular weight is 313 g/mol. The molecule has 1 amide bonds. The molecule has 0 atom stereocenters. The maximum atomic E-state index is 12.8. The number of hydrogen-bond acceptors (Lipinski definition) is 3. The van der Waals surface area contributed by atoms with Crippen LogP contribution in [-0.2, 0) is 11.3 Å². The minimum atomic E-state index is 0.0680. The lowest BCUT2D eigenvalue weighted by Crippen LogP contribution is -2.41. The molecule has 0 unspecified atom stereocenters. The van der Waals surface area contributed by atoms with Crippen LogP contribution in [0.3, 0.4) is 0 Å². The first-order valence-corrected chi connectivity index (χ1v) is 8.03. The maximum absolute atomic E-state index is 12.8. The first-order chi connectivity index (χ1) is 11.1. The van der Waals surface area contributed by atoms with Gasteiger partial charge < -0.3 is 9.64 Å². The van der Waals surface area contributed by atoms with Crippen LogP contribution < -0.4 is 0 Å². The lowest BCUT2D eigenvalue weighted by Gasteiger charge is -2.26. The van der Waals surface area contributed by atoms with Crippen molar-refractivity contribution in [1.82, 2.24) is 14.7 Å². The Hall–Kier alpha value is -2.14. The third-order valence-corrected chi connectivity index (χ3v) is 4.35. The van der Waals surface area contributed by atoms with Crippen LogP contribution in [0.1, 0.15) is 32.9 Å². The van der Waals surface area contributed by atoms with Gasteiger partial charge in [-0.05, 0) is 26.3 Å². The molecule has 23 heavy (non-hydrogen) atoms. The fourth-order valence-corrected chi connectivity index (χ4v) is 2.95. The number of aromatic nitrogens is 2. The molecule has 0 saturated carbocycles. The third kappa shape index (κ3) is 3.29. The normalized spacial score (nSPS) is 15.0. The molecule has 2 aromatic rings. The first kappa shape index (κ1) is 15.7. The summed E-state index contributed by atoms with van der Waals surface area (Å²) < 4.78 is 7.25. The number of nitrogens with zero attached hydrogens (tertiary/aromatic N) is 3. The lowest BCUT2D eigenvalue weighted by molar-refractivity contribution is 0.0302. The summed E-state index contributed by atoms with van der Waals surface area (Å²) in [5, 5.41) is 4.58. The highest BCUT2D eigenvalue weighted by atomic mass is 16.5. The van der Waals surface area contributed by atoms with E-state index in [4.69, 9.17) is 4.74 Å². The van der Waals surface area contributed by atoms with Crippen molar-refractivity contribution in [2.45, 2.75) is 27.3 Å². The number of aryl methyl sites for hydroxylation is 2. The molecule has 0 spiro atoms. The first-order valence-electron chi connectivity index (χ1n) is 8.03. The van der Waals surface area contributed by atoms with Crippen LogP contribution in [-0.4, -0.2) is 46.9 Å². The summed E-state index contributed by atoms with van der Waals surface area (Å²) in [7, 11) is 0. The zero-order valence-electron chi connectivity index (χ0n) is 14.0. The summed E-state index contributed by atoms with van der Waals surface area (Å²) in [6.45, 7) is 9.17. The number of rotatable bonds is 3. The number of hydrogen-bond donors (Lipinski definition) is 0. The predicted octanol–water partition coefficient (Wildman–Crippen LogP) is 2.33. The highest BCUT2D eigenvalue weighted by Gasteiger charge is 2.25. The Labute approximate surface area is 136 Å². The molecular formula is C18H23N3O2. The molecule has 2 heterocycles. The maximum Gasteiger partial charge on any atom is 0.257 e. The summed E-state index contributed by atoms with van der Waals surface area (Å²) in [5.41, 5.74) is 4.89. The van der Waals surface area contributed by atoms with E-state index in [2.05, 4.69) is 36.3 Å². The molecule has 1 fully saturated rings. The Morgan fingerprint density at radius 3 is 2.43 bits per heavy atom. The van der Waals surface area contributed by atoms with Gasteiger partial charge in [0, 0.05) is 18.8 Å². The van der Waals surface area contributed by atoms with Crippen LogP contribution >= 0.6 is 0 Å². The standard InChI is InChI=1S/C18H23N3O2/c1-13-4-6-16(7-5-13)12-21-15(3)17(14(2)19-21)18(22)20-8-10-23-11-9-20/h4-7H,8-12H2,1-3H3. The topological polar surface area (TPSA) is 47.4 Å². The third-order valence-electron chi connectivity index (χ3n) is 4.35. The number of carbonyl (C=O) groups is 1. The molecule has 1 aromatic carbocycles. The molecule has 0 N–H and O–H groups in total.